The van der Waals surface area contributed by atoms with Gasteiger partial charge >= 0.3 is 0 Å². The lowest BCUT2D eigenvalue weighted by atomic mass is 10.1. The van der Waals surface area contributed by atoms with Gasteiger partial charge in [-0.2, -0.15) is 0 Å². The van der Waals surface area contributed by atoms with Crippen LogP contribution in [0.2, 0.25) is 0 Å². The second kappa shape index (κ2) is 7.07. The van der Waals surface area contributed by atoms with Gasteiger partial charge in [-0.05, 0) is 25.8 Å². The molecular formula is C9H23N. The van der Waals surface area contributed by atoms with Crippen LogP contribution in [0.1, 0.15) is 47.9 Å². The maximum atomic E-state index is 3.52. The van der Waals surface area contributed by atoms with Crippen LogP contribution in [0.25, 0.3) is 0 Å². The molecule has 0 aliphatic carbocycles. The zero-order valence-corrected chi connectivity index (χ0v) is 7.61. The van der Waals surface area contributed by atoms with Crippen LogP contribution in [0.15, 0.2) is 0 Å². The van der Waals surface area contributed by atoms with E-state index in [0.717, 1.165) is 6.04 Å². The summed E-state index contributed by atoms with van der Waals surface area (Å²) in [7, 11) is 0. The summed E-state index contributed by atoms with van der Waals surface area (Å²) in [6, 6.07) is 0.768. The Morgan fingerprint density at radius 3 is 2.30 bits per heavy atom. The van der Waals surface area contributed by atoms with Crippen molar-refractivity contribution in [2.75, 3.05) is 6.54 Å². The Hall–Kier alpha value is -0.0400. The van der Waals surface area contributed by atoms with Crippen molar-refractivity contribution in [3.63, 3.8) is 0 Å². The Kier molecular flexibility index (Phi) is 7.04. The van der Waals surface area contributed by atoms with E-state index in [2.05, 4.69) is 26.1 Å². The van der Waals surface area contributed by atoms with Gasteiger partial charge in [0.25, 0.3) is 0 Å². The van der Waals surface area contributed by atoms with Gasteiger partial charge in [0, 0.05) is 7.47 Å². The minimum atomic E-state index is 0. The maximum Gasteiger partial charge on any atom is 0.00643 e. The molecule has 0 heterocycles. The quantitative estimate of drug-likeness (QED) is 0.606. The van der Waals surface area contributed by atoms with Crippen LogP contribution in [0.5, 0.6) is 0 Å². The molecule has 0 aliphatic rings. The van der Waals surface area contributed by atoms with E-state index in [-0.39, 0.29) is 1.43 Å². The third-order valence-electron chi connectivity index (χ3n) is 1.81. The molecule has 1 nitrogen and oxygen atoms in total. The van der Waals surface area contributed by atoms with Crippen LogP contribution >= 0.6 is 0 Å². The standard InChI is InChI=1S/C9H21N.H2/c1-4-7-9(6-3)10-8-5-2;/h9-10H,4-8H2,1-3H3;1H. The van der Waals surface area contributed by atoms with Gasteiger partial charge in [0.05, 0.1) is 0 Å². The van der Waals surface area contributed by atoms with Gasteiger partial charge in [0.1, 0.15) is 0 Å². The van der Waals surface area contributed by atoms with Crippen LogP contribution in [-0.2, 0) is 0 Å². The fourth-order valence-electron chi connectivity index (χ4n) is 1.15. The van der Waals surface area contributed by atoms with Crippen molar-refractivity contribution in [2.24, 2.45) is 0 Å². The van der Waals surface area contributed by atoms with Gasteiger partial charge < -0.3 is 5.32 Å². The van der Waals surface area contributed by atoms with Crippen LogP contribution in [-0.4, -0.2) is 12.6 Å². The maximum absolute atomic E-state index is 3.52. The van der Waals surface area contributed by atoms with Gasteiger partial charge in [-0.3, -0.25) is 0 Å². The number of hydrogen-bond donors (Lipinski definition) is 1. The molecule has 0 aliphatic heterocycles. The monoisotopic (exact) mass is 145 g/mol. The predicted molar refractivity (Wildman–Crippen MR) is 49.4 cm³/mol. The normalized spacial score (nSPS) is 13.5. The molecule has 0 aromatic carbocycles. The minimum absolute atomic E-state index is 0. The number of hydrogen-bond acceptors (Lipinski definition) is 1. The van der Waals surface area contributed by atoms with Gasteiger partial charge in [-0.25, -0.2) is 0 Å². The summed E-state index contributed by atoms with van der Waals surface area (Å²) < 4.78 is 0. The highest BCUT2D eigenvalue weighted by atomic mass is 14.9. The molecule has 64 valence electrons. The molecule has 0 rings (SSSR count). The molecule has 0 radical (unpaired) electrons. The van der Waals surface area contributed by atoms with Crippen LogP contribution < -0.4 is 5.32 Å². The highest BCUT2D eigenvalue weighted by Crippen LogP contribution is 1.99. The molecule has 0 spiro atoms. The first-order valence-corrected chi connectivity index (χ1v) is 4.58. The summed E-state index contributed by atoms with van der Waals surface area (Å²) in [5, 5.41) is 3.52. The minimum Gasteiger partial charge on any atom is -0.314 e. The molecular weight excluding hydrogens is 122 g/mol. The van der Waals surface area contributed by atoms with Crippen molar-refractivity contribution in [1.82, 2.24) is 5.32 Å². The first kappa shape index (κ1) is 9.96. The summed E-state index contributed by atoms with van der Waals surface area (Å²) >= 11 is 0. The zero-order valence-electron chi connectivity index (χ0n) is 7.61. The molecule has 0 aromatic rings. The summed E-state index contributed by atoms with van der Waals surface area (Å²) in [5.41, 5.74) is 0. The van der Waals surface area contributed by atoms with Crippen molar-refractivity contribution < 1.29 is 1.43 Å². The molecule has 1 atom stereocenters. The summed E-state index contributed by atoms with van der Waals surface area (Å²) in [6.45, 7) is 7.89. The van der Waals surface area contributed by atoms with Crippen LogP contribution in [0, 0.1) is 0 Å². The fraction of sp³-hybridized carbons (Fsp3) is 1.00. The van der Waals surface area contributed by atoms with E-state index in [9.17, 15) is 0 Å². The van der Waals surface area contributed by atoms with E-state index < -0.39 is 0 Å². The van der Waals surface area contributed by atoms with Gasteiger partial charge in [-0.15, -0.1) is 0 Å². The van der Waals surface area contributed by atoms with Crippen molar-refractivity contribution in [2.45, 2.75) is 52.5 Å². The lowest BCUT2D eigenvalue weighted by molar-refractivity contribution is 0.464. The Morgan fingerprint density at radius 2 is 1.90 bits per heavy atom. The van der Waals surface area contributed by atoms with Crippen LogP contribution in [0.3, 0.4) is 0 Å². The Labute approximate surface area is 66.7 Å². The molecule has 1 heteroatoms. The molecule has 0 bridgehead atoms. The molecule has 10 heavy (non-hydrogen) atoms. The summed E-state index contributed by atoms with van der Waals surface area (Å²) in [5.74, 6) is 0. The number of nitrogens with one attached hydrogen (secondary N) is 1. The van der Waals surface area contributed by atoms with E-state index in [4.69, 9.17) is 0 Å². The smallest absolute Gasteiger partial charge is 0.00643 e. The molecule has 0 saturated heterocycles. The Balaban J connectivity index is 0. The Bertz CT molecular complexity index is 66.6. The average Bonchev–Trinajstić information content (AvgIpc) is 1.98. The highest BCUT2D eigenvalue weighted by molar-refractivity contribution is 4.62. The van der Waals surface area contributed by atoms with Gasteiger partial charge in [0.15, 0.2) is 0 Å². The first-order valence-electron chi connectivity index (χ1n) is 4.58. The number of rotatable bonds is 6. The summed E-state index contributed by atoms with van der Waals surface area (Å²) in [6.07, 6.45) is 5.15. The van der Waals surface area contributed by atoms with Crippen molar-refractivity contribution in [3.05, 3.63) is 0 Å². The zero-order chi connectivity index (χ0) is 7.82. The van der Waals surface area contributed by atoms with E-state index in [0.29, 0.717) is 0 Å². The molecule has 0 amide bonds. The summed E-state index contributed by atoms with van der Waals surface area (Å²) in [4.78, 5) is 0. The fourth-order valence-corrected chi connectivity index (χ4v) is 1.15. The topological polar surface area (TPSA) is 12.0 Å². The SMILES string of the molecule is CCCNC(CC)CCC.[HH]. The van der Waals surface area contributed by atoms with Crippen LogP contribution in [0.4, 0.5) is 0 Å². The first-order chi connectivity index (χ1) is 4.85. The Morgan fingerprint density at radius 1 is 1.20 bits per heavy atom. The third-order valence-corrected chi connectivity index (χ3v) is 1.81. The van der Waals surface area contributed by atoms with Gasteiger partial charge in [-0.1, -0.05) is 27.2 Å². The second-order valence-corrected chi connectivity index (χ2v) is 2.85. The van der Waals surface area contributed by atoms with E-state index in [1.54, 1.807) is 0 Å². The predicted octanol–water partition coefficient (Wildman–Crippen LogP) is 2.81. The van der Waals surface area contributed by atoms with Crippen molar-refractivity contribution in [1.29, 1.82) is 0 Å². The molecule has 1 unspecified atom stereocenters. The lowest BCUT2D eigenvalue weighted by Gasteiger charge is -2.14. The highest BCUT2D eigenvalue weighted by Gasteiger charge is 2.00. The molecule has 0 fully saturated rings. The van der Waals surface area contributed by atoms with E-state index in [1.807, 2.05) is 0 Å². The molecule has 0 aromatic heterocycles. The third kappa shape index (κ3) is 4.80. The lowest BCUT2D eigenvalue weighted by Crippen LogP contribution is -2.28. The molecule has 1 N–H and O–H groups in total. The average molecular weight is 145 g/mol. The van der Waals surface area contributed by atoms with E-state index in [1.165, 1.54) is 32.2 Å². The van der Waals surface area contributed by atoms with Crippen molar-refractivity contribution >= 4 is 0 Å². The second-order valence-electron chi connectivity index (χ2n) is 2.85. The van der Waals surface area contributed by atoms with E-state index >= 15 is 0 Å². The van der Waals surface area contributed by atoms with Crippen molar-refractivity contribution in [3.8, 4) is 0 Å². The largest absolute Gasteiger partial charge is 0.314 e. The van der Waals surface area contributed by atoms with Gasteiger partial charge in [0.2, 0.25) is 0 Å². The molecule has 0 saturated carbocycles.